The molecule has 0 heterocycles. The van der Waals surface area contributed by atoms with Crippen LogP contribution in [0.2, 0.25) is 0 Å². The van der Waals surface area contributed by atoms with Crippen LogP contribution in [0.3, 0.4) is 0 Å². The Morgan fingerprint density at radius 1 is 1.35 bits per heavy atom. The zero-order valence-corrected chi connectivity index (χ0v) is 11.5. The fourth-order valence-corrected chi connectivity index (χ4v) is 1.92. The number of ether oxygens (including phenoxy) is 1. The predicted octanol–water partition coefficient (Wildman–Crippen LogP) is 3.90. The number of carbonyl (C=O) groups is 1. The van der Waals surface area contributed by atoms with Crippen LogP contribution in [0.1, 0.15) is 37.3 Å². The molecule has 6 heteroatoms. The molecule has 1 atom stereocenters. The Labute approximate surface area is 115 Å². The zero-order chi connectivity index (χ0) is 15.5. The van der Waals surface area contributed by atoms with Gasteiger partial charge in [-0.3, -0.25) is 4.79 Å². The average Bonchev–Trinajstić information content (AvgIpc) is 2.25. The number of carboxylic acids is 1. The van der Waals surface area contributed by atoms with Crippen LogP contribution in [-0.2, 0) is 4.79 Å². The lowest BCUT2D eigenvalue weighted by atomic mass is 9.98. The smallest absolute Gasteiger partial charge is 0.425 e. The molecule has 3 nitrogen and oxygen atoms in total. The first-order chi connectivity index (χ1) is 9.11. The topological polar surface area (TPSA) is 46.5 Å². The minimum Gasteiger partial charge on any atom is -0.481 e. The van der Waals surface area contributed by atoms with Gasteiger partial charge in [0.25, 0.3) is 0 Å². The summed E-state index contributed by atoms with van der Waals surface area (Å²) >= 11 is 0. The standard InChI is InChI=1S/C14H17F3O3/c1-8(2)11-5-4-10(6-9(11)3)20-12(7-13(18)19)14(15,16)17/h4-6,8,12H,7H2,1-3H3,(H,18,19). The molecular formula is C14H17F3O3. The molecule has 0 bridgehead atoms. The molecule has 1 N–H and O–H groups in total. The van der Waals surface area contributed by atoms with Crippen molar-refractivity contribution < 1.29 is 27.8 Å². The molecule has 1 unspecified atom stereocenters. The van der Waals surface area contributed by atoms with Gasteiger partial charge in [0.1, 0.15) is 5.75 Å². The van der Waals surface area contributed by atoms with Gasteiger partial charge in [-0.1, -0.05) is 19.9 Å². The Morgan fingerprint density at radius 3 is 2.35 bits per heavy atom. The summed E-state index contributed by atoms with van der Waals surface area (Å²) in [5.74, 6) is -1.28. The van der Waals surface area contributed by atoms with E-state index in [1.54, 1.807) is 13.0 Å². The van der Waals surface area contributed by atoms with Gasteiger partial charge in [0, 0.05) is 0 Å². The second kappa shape index (κ2) is 6.15. The van der Waals surface area contributed by atoms with Gasteiger partial charge in [-0.05, 0) is 36.1 Å². The van der Waals surface area contributed by atoms with E-state index in [9.17, 15) is 18.0 Å². The van der Waals surface area contributed by atoms with Gasteiger partial charge in [0.15, 0.2) is 0 Å². The summed E-state index contributed by atoms with van der Waals surface area (Å²) in [5, 5.41) is 8.52. The van der Waals surface area contributed by atoms with E-state index in [1.165, 1.54) is 12.1 Å². The van der Waals surface area contributed by atoms with Crippen molar-refractivity contribution in [1.29, 1.82) is 0 Å². The number of alkyl halides is 3. The molecule has 0 aliphatic rings. The van der Waals surface area contributed by atoms with Crippen molar-refractivity contribution in [3.8, 4) is 5.75 Å². The molecule has 1 rings (SSSR count). The molecule has 0 radical (unpaired) electrons. The molecule has 0 amide bonds. The van der Waals surface area contributed by atoms with Crippen LogP contribution in [-0.4, -0.2) is 23.4 Å². The largest absolute Gasteiger partial charge is 0.481 e. The Morgan fingerprint density at radius 2 is 1.95 bits per heavy atom. The quantitative estimate of drug-likeness (QED) is 0.894. The van der Waals surface area contributed by atoms with Crippen LogP contribution in [0.25, 0.3) is 0 Å². The molecule has 1 aromatic rings. The van der Waals surface area contributed by atoms with Crippen LogP contribution < -0.4 is 4.74 Å². The minimum atomic E-state index is -4.72. The number of aryl methyl sites for hydroxylation is 1. The average molecular weight is 290 g/mol. The highest BCUT2D eigenvalue weighted by molar-refractivity contribution is 5.67. The molecule has 0 saturated carbocycles. The number of halogens is 3. The zero-order valence-electron chi connectivity index (χ0n) is 11.5. The lowest BCUT2D eigenvalue weighted by molar-refractivity contribution is -0.200. The van der Waals surface area contributed by atoms with Gasteiger partial charge in [-0.15, -0.1) is 0 Å². The van der Waals surface area contributed by atoms with E-state index in [0.29, 0.717) is 0 Å². The van der Waals surface area contributed by atoms with Crippen molar-refractivity contribution in [1.82, 2.24) is 0 Å². The summed E-state index contributed by atoms with van der Waals surface area (Å²) in [6.45, 7) is 5.74. The Hall–Kier alpha value is -1.72. The number of carboxylic acid groups (broad SMARTS) is 1. The van der Waals surface area contributed by atoms with Gasteiger partial charge in [-0.2, -0.15) is 13.2 Å². The third kappa shape index (κ3) is 4.43. The Balaban J connectivity index is 2.94. The number of hydrogen-bond acceptors (Lipinski definition) is 2. The minimum absolute atomic E-state index is 0.0236. The highest BCUT2D eigenvalue weighted by Gasteiger charge is 2.43. The van der Waals surface area contributed by atoms with Crippen LogP contribution in [0.4, 0.5) is 13.2 Å². The Kier molecular flexibility index (Phi) is 5.03. The van der Waals surface area contributed by atoms with Crippen molar-refractivity contribution in [3.63, 3.8) is 0 Å². The van der Waals surface area contributed by atoms with Crippen LogP contribution in [0.5, 0.6) is 5.75 Å². The first kappa shape index (κ1) is 16.3. The second-order valence-corrected chi connectivity index (χ2v) is 4.92. The summed E-state index contributed by atoms with van der Waals surface area (Å²) in [4.78, 5) is 10.5. The SMILES string of the molecule is Cc1cc(OC(CC(=O)O)C(F)(F)F)ccc1C(C)C. The van der Waals surface area contributed by atoms with Gasteiger partial charge in [0.2, 0.25) is 6.10 Å². The molecule has 0 aliphatic carbocycles. The van der Waals surface area contributed by atoms with E-state index in [-0.39, 0.29) is 11.7 Å². The van der Waals surface area contributed by atoms with Crippen molar-refractivity contribution in [2.45, 2.75) is 45.4 Å². The number of hydrogen-bond donors (Lipinski definition) is 1. The number of aliphatic carboxylic acids is 1. The maximum absolute atomic E-state index is 12.7. The summed E-state index contributed by atoms with van der Waals surface area (Å²) < 4.78 is 42.9. The normalized spacial score (nSPS) is 13.3. The van der Waals surface area contributed by atoms with Gasteiger partial charge in [-0.25, -0.2) is 0 Å². The van der Waals surface area contributed by atoms with Gasteiger partial charge in [0.05, 0.1) is 6.42 Å². The summed E-state index contributed by atoms with van der Waals surface area (Å²) in [6, 6.07) is 4.63. The molecule has 112 valence electrons. The van der Waals surface area contributed by atoms with Gasteiger partial charge < -0.3 is 9.84 Å². The summed E-state index contributed by atoms with van der Waals surface area (Å²) in [7, 11) is 0. The monoisotopic (exact) mass is 290 g/mol. The summed E-state index contributed by atoms with van der Waals surface area (Å²) in [6.07, 6.45) is -8.18. The van der Waals surface area contributed by atoms with E-state index >= 15 is 0 Å². The van der Waals surface area contributed by atoms with E-state index in [0.717, 1.165) is 11.1 Å². The van der Waals surface area contributed by atoms with Crippen molar-refractivity contribution in [2.75, 3.05) is 0 Å². The third-order valence-electron chi connectivity index (χ3n) is 2.87. The number of benzene rings is 1. The van der Waals surface area contributed by atoms with E-state index in [1.807, 2.05) is 13.8 Å². The molecule has 1 aromatic carbocycles. The third-order valence-corrected chi connectivity index (χ3v) is 2.87. The molecule has 20 heavy (non-hydrogen) atoms. The lowest BCUT2D eigenvalue weighted by Crippen LogP contribution is -2.36. The van der Waals surface area contributed by atoms with Crippen molar-refractivity contribution >= 4 is 5.97 Å². The van der Waals surface area contributed by atoms with E-state index in [2.05, 4.69) is 0 Å². The first-order valence-corrected chi connectivity index (χ1v) is 6.17. The fourth-order valence-electron chi connectivity index (χ4n) is 1.92. The second-order valence-electron chi connectivity index (χ2n) is 4.92. The van der Waals surface area contributed by atoms with Crippen molar-refractivity contribution in [3.05, 3.63) is 29.3 Å². The molecule has 0 aliphatic heterocycles. The molecule has 0 saturated heterocycles. The van der Waals surface area contributed by atoms with E-state index < -0.39 is 24.7 Å². The maximum atomic E-state index is 12.7. The highest BCUT2D eigenvalue weighted by Crippen LogP contribution is 2.29. The summed E-state index contributed by atoms with van der Waals surface area (Å²) in [5.41, 5.74) is 1.83. The molecule has 0 aromatic heterocycles. The lowest BCUT2D eigenvalue weighted by Gasteiger charge is -2.21. The maximum Gasteiger partial charge on any atom is 0.425 e. The van der Waals surface area contributed by atoms with Crippen LogP contribution in [0, 0.1) is 6.92 Å². The molecule has 0 spiro atoms. The molecule has 0 fully saturated rings. The molecular weight excluding hydrogens is 273 g/mol. The first-order valence-electron chi connectivity index (χ1n) is 6.17. The van der Waals surface area contributed by atoms with Crippen LogP contribution in [0.15, 0.2) is 18.2 Å². The van der Waals surface area contributed by atoms with E-state index in [4.69, 9.17) is 9.84 Å². The Bertz CT molecular complexity index is 481. The van der Waals surface area contributed by atoms with Gasteiger partial charge >= 0.3 is 12.1 Å². The van der Waals surface area contributed by atoms with Crippen molar-refractivity contribution in [2.24, 2.45) is 0 Å². The highest BCUT2D eigenvalue weighted by atomic mass is 19.4. The number of rotatable bonds is 5. The predicted molar refractivity (Wildman–Crippen MR) is 68.0 cm³/mol. The van der Waals surface area contributed by atoms with Crippen LogP contribution >= 0.6 is 0 Å². The fraction of sp³-hybridized carbons (Fsp3) is 0.500.